The second kappa shape index (κ2) is 4.05. The molecule has 0 spiro atoms. The zero-order chi connectivity index (χ0) is 8.97. The van der Waals surface area contributed by atoms with Gasteiger partial charge < -0.3 is 0 Å². The van der Waals surface area contributed by atoms with E-state index in [0.717, 1.165) is 17.5 Å². The number of hydrogen-bond acceptors (Lipinski definition) is 1. The first-order valence-corrected chi connectivity index (χ1v) is 4.19. The summed E-state index contributed by atoms with van der Waals surface area (Å²) < 4.78 is 0. The minimum absolute atomic E-state index is 0.220. The molecule has 0 N–H and O–H groups in total. The summed E-state index contributed by atoms with van der Waals surface area (Å²) in [5, 5.41) is 0. The van der Waals surface area contributed by atoms with Crippen molar-refractivity contribution in [3.05, 3.63) is 42.3 Å². The summed E-state index contributed by atoms with van der Waals surface area (Å²) >= 11 is 0. The van der Waals surface area contributed by atoms with Crippen molar-refractivity contribution in [2.45, 2.75) is 19.8 Å². The van der Waals surface area contributed by atoms with E-state index in [1.54, 1.807) is 0 Å². The van der Waals surface area contributed by atoms with Crippen LogP contribution in [0.2, 0.25) is 0 Å². The fourth-order valence-electron chi connectivity index (χ4n) is 1.06. The van der Waals surface area contributed by atoms with Gasteiger partial charge in [-0.3, -0.25) is 4.79 Å². The third-order valence-corrected chi connectivity index (χ3v) is 1.75. The molecule has 0 atom stereocenters. The standard InChI is InChI=1S/C11H13O/c1-3-4-11(12)10-7-5-9(2)6-8-10/h5-8H,2-4H2,1H3. The first-order chi connectivity index (χ1) is 5.74. The van der Waals surface area contributed by atoms with Crippen molar-refractivity contribution in [1.29, 1.82) is 0 Å². The molecule has 12 heavy (non-hydrogen) atoms. The lowest BCUT2D eigenvalue weighted by atomic mass is 10.1. The van der Waals surface area contributed by atoms with E-state index in [-0.39, 0.29) is 5.78 Å². The summed E-state index contributed by atoms with van der Waals surface area (Å²) in [4.78, 5) is 11.3. The second-order valence-electron chi connectivity index (χ2n) is 2.87. The number of carbonyl (C=O) groups excluding carboxylic acids is 1. The van der Waals surface area contributed by atoms with Gasteiger partial charge in [-0.05, 0) is 18.9 Å². The van der Waals surface area contributed by atoms with Crippen LogP contribution in [0.15, 0.2) is 24.3 Å². The highest BCUT2D eigenvalue weighted by atomic mass is 16.1. The van der Waals surface area contributed by atoms with Gasteiger partial charge in [-0.25, -0.2) is 0 Å². The number of carbonyl (C=O) groups is 1. The molecule has 0 unspecified atom stereocenters. The number of hydrogen-bond donors (Lipinski definition) is 0. The van der Waals surface area contributed by atoms with E-state index >= 15 is 0 Å². The third-order valence-electron chi connectivity index (χ3n) is 1.75. The maximum atomic E-state index is 11.3. The van der Waals surface area contributed by atoms with E-state index in [1.807, 2.05) is 31.2 Å². The monoisotopic (exact) mass is 161 g/mol. The Bertz CT molecular complexity index is 259. The highest BCUT2D eigenvalue weighted by molar-refractivity contribution is 5.96. The summed E-state index contributed by atoms with van der Waals surface area (Å²) in [7, 11) is 0. The minimum Gasteiger partial charge on any atom is -0.294 e. The van der Waals surface area contributed by atoms with Crippen LogP contribution >= 0.6 is 0 Å². The maximum Gasteiger partial charge on any atom is 0.162 e. The van der Waals surface area contributed by atoms with Crippen LogP contribution in [0, 0.1) is 6.92 Å². The molecule has 1 radical (unpaired) electrons. The highest BCUT2D eigenvalue weighted by Gasteiger charge is 2.02. The van der Waals surface area contributed by atoms with Crippen molar-refractivity contribution < 1.29 is 4.79 Å². The van der Waals surface area contributed by atoms with Gasteiger partial charge in [0, 0.05) is 12.0 Å². The Morgan fingerprint density at radius 3 is 2.42 bits per heavy atom. The van der Waals surface area contributed by atoms with Gasteiger partial charge >= 0.3 is 0 Å². The Morgan fingerprint density at radius 1 is 1.33 bits per heavy atom. The number of benzene rings is 1. The van der Waals surface area contributed by atoms with Crippen molar-refractivity contribution in [2.75, 3.05) is 0 Å². The Balaban J connectivity index is 2.75. The molecule has 0 aliphatic heterocycles. The summed E-state index contributed by atoms with van der Waals surface area (Å²) in [6, 6.07) is 7.40. The van der Waals surface area contributed by atoms with Gasteiger partial charge in [0.25, 0.3) is 0 Å². The molecular formula is C11H13O. The van der Waals surface area contributed by atoms with Gasteiger partial charge in [0.2, 0.25) is 0 Å². The van der Waals surface area contributed by atoms with Crippen molar-refractivity contribution in [2.24, 2.45) is 0 Å². The minimum atomic E-state index is 0.220. The van der Waals surface area contributed by atoms with Crippen molar-refractivity contribution >= 4 is 5.78 Å². The number of Topliss-reactive ketones (excluding diaryl/α,β-unsaturated/α-hetero) is 1. The van der Waals surface area contributed by atoms with Crippen molar-refractivity contribution in [3.8, 4) is 0 Å². The Kier molecular flexibility index (Phi) is 3.03. The van der Waals surface area contributed by atoms with Gasteiger partial charge in [0.15, 0.2) is 5.78 Å². The summed E-state index contributed by atoms with van der Waals surface area (Å²) in [5.41, 5.74) is 1.74. The molecule has 1 aromatic carbocycles. The van der Waals surface area contributed by atoms with E-state index < -0.39 is 0 Å². The van der Waals surface area contributed by atoms with Crippen LogP contribution in [0.3, 0.4) is 0 Å². The first-order valence-electron chi connectivity index (χ1n) is 4.19. The van der Waals surface area contributed by atoms with Crippen LogP contribution in [0.25, 0.3) is 0 Å². The second-order valence-corrected chi connectivity index (χ2v) is 2.87. The van der Waals surface area contributed by atoms with Gasteiger partial charge in [-0.1, -0.05) is 31.2 Å². The summed E-state index contributed by atoms with van der Waals surface area (Å²) in [6.45, 7) is 5.76. The van der Waals surface area contributed by atoms with E-state index in [0.29, 0.717) is 6.42 Å². The van der Waals surface area contributed by atoms with Crippen LogP contribution in [-0.2, 0) is 0 Å². The van der Waals surface area contributed by atoms with Gasteiger partial charge in [-0.2, -0.15) is 0 Å². The highest BCUT2D eigenvalue weighted by Crippen LogP contribution is 2.06. The van der Waals surface area contributed by atoms with Crippen molar-refractivity contribution in [3.63, 3.8) is 0 Å². The fourth-order valence-corrected chi connectivity index (χ4v) is 1.06. The van der Waals surface area contributed by atoms with Gasteiger partial charge in [-0.15, -0.1) is 0 Å². The normalized spacial score (nSPS) is 9.83. The Hall–Kier alpha value is -1.11. The molecule has 0 heterocycles. The van der Waals surface area contributed by atoms with Crippen molar-refractivity contribution in [1.82, 2.24) is 0 Å². The Morgan fingerprint density at radius 2 is 1.92 bits per heavy atom. The zero-order valence-electron chi connectivity index (χ0n) is 7.34. The van der Waals surface area contributed by atoms with Gasteiger partial charge in [0.05, 0.1) is 0 Å². The molecule has 63 valence electrons. The lowest BCUT2D eigenvalue weighted by molar-refractivity contribution is 0.0982. The molecule has 0 aliphatic carbocycles. The molecule has 0 bridgehead atoms. The lowest BCUT2D eigenvalue weighted by Gasteiger charge is -1.98. The molecule has 0 saturated heterocycles. The van der Waals surface area contributed by atoms with Crippen LogP contribution in [0.1, 0.15) is 35.7 Å². The average Bonchev–Trinajstić information content (AvgIpc) is 2.06. The van der Waals surface area contributed by atoms with E-state index in [4.69, 9.17) is 0 Å². The average molecular weight is 161 g/mol. The molecular weight excluding hydrogens is 148 g/mol. The van der Waals surface area contributed by atoms with E-state index in [1.165, 1.54) is 0 Å². The molecule has 1 heteroatoms. The van der Waals surface area contributed by atoms with Crippen LogP contribution in [-0.4, -0.2) is 5.78 Å². The molecule has 1 rings (SSSR count). The molecule has 0 aliphatic rings. The third kappa shape index (κ3) is 2.19. The topological polar surface area (TPSA) is 17.1 Å². The number of rotatable bonds is 3. The van der Waals surface area contributed by atoms with E-state index in [9.17, 15) is 4.79 Å². The molecule has 1 aromatic rings. The summed E-state index contributed by atoms with van der Waals surface area (Å²) in [6.07, 6.45) is 1.54. The fraction of sp³-hybridized carbons (Fsp3) is 0.273. The molecule has 1 nitrogen and oxygen atoms in total. The predicted octanol–water partition coefficient (Wildman–Crippen LogP) is 2.85. The maximum absolute atomic E-state index is 11.3. The molecule has 0 amide bonds. The largest absolute Gasteiger partial charge is 0.294 e. The first kappa shape index (κ1) is 8.98. The van der Waals surface area contributed by atoms with Crippen LogP contribution in [0.4, 0.5) is 0 Å². The van der Waals surface area contributed by atoms with Gasteiger partial charge in [0.1, 0.15) is 0 Å². The van der Waals surface area contributed by atoms with Crippen LogP contribution in [0.5, 0.6) is 0 Å². The molecule has 0 fully saturated rings. The lowest BCUT2D eigenvalue weighted by Crippen LogP contribution is -1.97. The smallest absolute Gasteiger partial charge is 0.162 e. The van der Waals surface area contributed by atoms with Crippen LogP contribution < -0.4 is 0 Å². The quantitative estimate of drug-likeness (QED) is 0.623. The Labute approximate surface area is 73.4 Å². The van der Waals surface area contributed by atoms with E-state index in [2.05, 4.69) is 6.92 Å². The number of ketones is 1. The predicted molar refractivity (Wildman–Crippen MR) is 50.1 cm³/mol. The molecule has 0 aromatic heterocycles. The zero-order valence-corrected chi connectivity index (χ0v) is 7.34. The molecule has 0 saturated carbocycles. The summed E-state index contributed by atoms with van der Waals surface area (Å²) in [5.74, 6) is 0.220. The SMILES string of the molecule is [CH2]c1ccc(C(=O)CCC)cc1.